The Morgan fingerprint density at radius 1 is 0.892 bits per heavy atom. The minimum Gasteiger partial charge on any atom is -0.369 e. The van der Waals surface area contributed by atoms with E-state index >= 15 is 0 Å². The molecule has 1 aliphatic heterocycles. The molecule has 194 valence electrons. The van der Waals surface area contributed by atoms with Gasteiger partial charge in [0, 0.05) is 56.9 Å². The third-order valence-corrected chi connectivity index (χ3v) is 7.51. The van der Waals surface area contributed by atoms with Crippen molar-refractivity contribution in [3.8, 4) is 0 Å². The average molecular weight is 521 g/mol. The van der Waals surface area contributed by atoms with Gasteiger partial charge in [-0.1, -0.05) is 48.9 Å². The van der Waals surface area contributed by atoms with Gasteiger partial charge < -0.3 is 9.47 Å². The van der Waals surface area contributed by atoms with E-state index in [1.807, 2.05) is 36.7 Å². The number of aryl methyl sites for hydroxylation is 3. The molecule has 2 aromatic heterocycles. The molecule has 0 unspecified atom stereocenters. The van der Waals surface area contributed by atoms with Crippen LogP contribution in [0.3, 0.4) is 0 Å². The van der Waals surface area contributed by atoms with Crippen LogP contribution in [0.5, 0.6) is 0 Å². The van der Waals surface area contributed by atoms with Gasteiger partial charge in [0.05, 0.1) is 6.54 Å². The summed E-state index contributed by atoms with van der Waals surface area (Å²) in [6, 6.07) is 17.8. The van der Waals surface area contributed by atoms with Gasteiger partial charge in [-0.15, -0.1) is 0 Å². The van der Waals surface area contributed by atoms with Gasteiger partial charge in [-0.3, -0.25) is 18.8 Å². The summed E-state index contributed by atoms with van der Waals surface area (Å²) in [4.78, 5) is 36.6. The lowest BCUT2D eigenvalue weighted by atomic mass is 10.2. The SMILES string of the molecule is CCc1nc2c(c(=O)n(Cc3ccc(Cl)cc3)c(=O)n2CCCN2CCN(c3ccccc3)CC2)n1C. The van der Waals surface area contributed by atoms with Crippen molar-refractivity contribution in [1.29, 1.82) is 0 Å². The molecule has 0 radical (unpaired) electrons. The Kier molecular flexibility index (Phi) is 7.48. The molecule has 0 bridgehead atoms. The Bertz CT molecular complexity index is 1480. The lowest BCUT2D eigenvalue weighted by Crippen LogP contribution is -2.47. The van der Waals surface area contributed by atoms with Gasteiger partial charge in [0.1, 0.15) is 5.82 Å². The standard InChI is InChI=1S/C28H33ClN6O2/c1-3-24-30-26-25(31(24)2)27(36)35(20-21-10-12-22(29)13-11-21)28(37)34(26)15-7-14-32-16-18-33(19-17-32)23-8-5-4-6-9-23/h4-6,8-13H,3,7,14-20H2,1-2H3. The van der Waals surface area contributed by atoms with Gasteiger partial charge in [0.2, 0.25) is 0 Å². The molecule has 0 N–H and O–H groups in total. The van der Waals surface area contributed by atoms with Crippen LogP contribution in [0, 0.1) is 0 Å². The Morgan fingerprint density at radius 2 is 1.59 bits per heavy atom. The van der Waals surface area contributed by atoms with Crippen LogP contribution < -0.4 is 16.1 Å². The van der Waals surface area contributed by atoms with Crippen LogP contribution in [-0.2, 0) is 26.6 Å². The molecule has 8 nitrogen and oxygen atoms in total. The van der Waals surface area contributed by atoms with Gasteiger partial charge in [-0.25, -0.2) is 9.78 Å². The molecule has 37 heavy (non-hydrogen) atoms. The summed E-state index contributed by atoms with van der Waals surface area (Å²) in [5.41, 5.74) is 2.45. The van der Waals surface area contributed by atoms with Gasteiger partial charge >= 0.3 is 5.69 Å². The van der Waals surface area contributed by atoms with Crippen LogP contribution in [0.1, 0.15) is 24.7 Å². The molecule has 2 aromatic carbocycles. The maximum Gasteiger partial charge on any atom is 0.333 e. The zero-order valence-electron chi connectivity index (χ0n) is 21.4. The molecular weight excluding hydrogens is 488 g/mol. The zero-order valence-corrected chi connectivity index (χ0v) is 22.2. The van der Waals surface area contributed by atoms with Crippen molar-refractivity contribution >= 4 is 28.5 Å². The van der Waals surface area contributed by atoms with E-state index in [1.54, 1.807) is 16.7 Å². The van der Waals surface area contributed by atoms with E-state index in [2.05, 4.69) is 34.1 Å². The summed E-state index contributed by atoms with van der Waals surface area (Å²) in [7, 11) is 1.85. The van der Waals surface area contributed by atoms with Crippen molar-refractivity contribution in [3.05, 3.63) is 91.8 Å². The second-order valence-corrected chi connectivity index (χ2v) is 10.0. The number of hydrogen-bond acceptors (Lipinski definition) is 5. The van der Waals surface area contributed by atoms with Crippen molar-refractivity contribution in [1.82, 2.24) is 23.6 Å². The van der Waals surface area contributed by atoms with E-state index < -0.39 is 0 Å². The minimum absolute atomic E-state index is 0.193. The first kappa shape index (κ1) is 25.3. The van der Waals surface area contributed by atoms with E-state index in [4.69, 9.17) is 16.6 Å². The number of aromatic nitrogens is 4. The molecule has 0 spiro atoms. The van der Waals surface area contributed by atoms with E-state index in [-0.39, 0.29) is 17.8 Å². The number of anilines is 1. The monoisotopic (exact) mass is 520 g/mol. The normalized spacial score (nSPS) is 14.5. The van der Waals surface area contributed by atoms with Crippen LogP contribution >= 0.6 is 11.6 Å². The van der Waals surface area contributed by atoms with E-state index in [0.29, 0.717) is 29.2 Å². The first-order valence-electron chi connectivity index (χ1n) is 12.9. The third kappa shape index (κ3) is 5.22. The Hall–Kier alpha value is -3.36. The topological polar surface area (TPSA) is 68.3 Å². The quantitative estimate of drug-likeness (QED) is 0.356. The molecular formula is C28H33ClN6O2. The summed E-state index contributed by atoms with van der Waals surface area (Å²) >= 11 is 6.03. The van der Waals surface area contributed by atoms with Gasteiger partial charge in [0.15, 0.2) is 11.2 Å². The number of halogens is 1. The lowest BCUT2D eigenvalue weighted by Gasteiger charge is -2.36. The van der Waals surface area contributed by atoms with Crippen LogP contribution in [-0.4, -0.2) is 56.3 Å². The molecule has 0 aliphatic carbocycles. The number of benzene rings is 2. The van der Waals surface area contributed by atoms with E-state index in [9.17, 15) is 9.59 Å². The van der Waals surface area contributed by atoms with Crippen LogP contribution in [0.2, 0.25) is 5.02 Å². The molecule has 0 atom stereocenters. The fourth-order valence-electron chi connectivity index (χ4n) is 5.16. The van der Waals surface area contributed by atoms with E-state index in [0.717, 1.165) is 50.5 Å². The Balaban J connectivity index is 1.35. The first-order valence-corrected chi connectivity index (χ1v) is 13.3. The van der Waals surface area contributed by atoms with Gasteiger partial charge in [0.25, 0.3) is 5.56 Å². The fourth-order valence-corrected chi connectivity index (χ4v) is 5.28. The lowest BCUT2D eigenvalue weighted by molar-refractivity contribution is 0.250. The highest BCUT2D eigenvalue weighted by atomic mass is 35.5. The second-order valence-electron chi connectivity index (χ2n) is 9.58. The van der Waals surface area contributed by atoms with Gasteiger partial charge in [-0.2, -0.15) is 0 Å². The highest BCUT2D eigenvalue weighted by Crippen LogP contribution is 2.16. The molecule has 1 fully saturated rings. The number of nitrogens with zero attached hydrogens (tertiary/aromatic N) is 6. The third-order valence-electron chi connectivity index (χ3n) is 7.25. The molecule has 1 aliphatic rings. The average Bonchev–Trinajstić information content (AvgIpc) is 3.26. The maximum atomic E-state index is 13.6. The molecule has 9 heteroatoms. The highest BCUT2D eigenvalue weighted by Gasteiger charge is 2.21. The summed E-state index contributed by atoms with van der Waals surface area (Å²) in [6.45, 7) is 7.54. The maximum absolute atomic E-state index is 13.6. The summed E-state index contributed by atoms with van der Waals surface area (Å²) in [6.07, 6.45) is 1.49. The number of hydrogen-bond donors (Lipinski definition) is 0. The van der Waals surface area contributed by atoms with Crippen molar-refractivity contribution in [2.45, 2.75) is 32.9 Å². The number of para-hydroxylation sites is 1. The highest BCUT2D eigenvalue weighted by molar-refractivity contribution is 6.30. The van der Waals surface area contributed by atoms with E-state index in [1.165, 1.54) is 10.3 Å². The number of piperazine rings is 1. The predicted molar refractivity (Wildman–Crippen MR) is 149 cm³/mol. The van der Waals surface area contributed by atoms with Crippen molar-refractivity contribution in [3.63, 3.8) is 0 Å². The second kappa shape index (κ2) is 10.9. The Labute approximate surface area is 221 Å². The molecule has 4 aromatic rings. The van der Waals surface area contributed by atoms with Gasteiger partial charge in [-0.05, 0) is 42.8 Å². The molecule has 5 rings (SSSR count). The minimum atomic E-state index is -0.318. The molecule has 3 heterocycles. The van der Waals surface area contributed by atoms with Crippen molar-refractivity contribution < 1.29 is 0 Å². The fraction of sp³-hybridized carbons (Fsp3) is 0.393. The summed E-state index contributed by atoms with van der Waals surface area (Å²) in [5.74, 6) is 0.793. The van der Waals surface area contributed by atoms with Crippen molar-refractivity contribution in [2.75, 3.05) is 37.6 Å². The Morgan fingerprint density at radius 3 is 2.27 bits per heavy atom. The first-order chi connectivity index (χ1) is 18.0. The predicted octanol–water partition coefficient (Wildman–Crippen LogP) is 3.37. The number of fused-ring (bicyclic) bond motifs is 1. The zero-order chi connectivity index (χ0) is 25.9. The van der Waals surface area contributed by atoms with Crippen LogP contribution in [0.4, 0.5) is 5.69 Å². The molecule has 1 saturated heterocycles. The van der Waals surface area contributed by atoms with Crippen LogP contribution in [0.15, 0.2) is 64.2 Å². The largest absolute Gasteiger partial charge is 0.369 e. The number of imidazole rings is 1. The summed E-state index contributed by atoms with van der Waals surface area (Å²) < 4.78 is 4.84. The summed E-state index contributed by atoms with van der Waals surface area (Å²) in [5, 5.41) is 0.618. The molecule has 0 amide bonds. The van der Waals surface area contributed by atoms with Crippen LogP contribution in [0.25, 0.3) is 11.2 Å². The molecule has 0 saturated carbocycles. The van der Waals surface area contributed by atoms with Crippen molar-refractivity contribution in [2.24, 2.45) is 7.05 Å². The number of rotatable bonds is 8. The smallest absolute Gasteiger partial charge is 0.333 e.